The number of carbonyl (C=O) groups excluding carboxylic acids is 2. The van der Waals surface area contributed by atoms with E-state index in [-0.39, 0.29) is 17.7 Å². The number of ether oxygens (including phenoxy) is 1. The second-order valence-corrected chi connectivity index (χ2v) is 6.68. The van der Waals surface area contributed by atoms with Crippen LogP contribution >= 0.6 is 0 Å². The molecular weight excluding hydrogens is 342 g/mol. The summed E-state index contributed by atoms with van der Waals surface area (Å²) in [6.07, 6.45) is -0.154. The Balaban J connectivity index is 1.72. The zero-order valence-electron chi connectivity index (χ0n) is 15.4. The van der Waals surface area contributed by atoms with Crippen molar-refractivity contribution in [1.29, 1.82) is 0 Å². The summed E-state index contributed by atoms with van der Waals surface area (Å²) < 4.78 is 5.38. The summed E-state index contributed by atoms with van der Waals surface area (Å²) in [7, 11) is 1.53. The van der Waals surface area contributed by atoms with Gasteiger partial charge in [0.05, 0.1) is 0 Å². The molecule has 1 unspecified atom stereocenters. The third-order valence-corrected chi connectivity index (χ3v) is 4.71. The smallest absolute Gasteiger partial charge is 0.250 e. The van der Waals surface area contributed by atoms with Crippen LogP contribution in [-0.4, -0.2) is 44.2 Å². The molecular formula is C21H25N3O3. The highest BCUT2D eigenvalue weighted by molar-refractivity contribution is 5.98. The Hall–Kier alpha value is -2.70. The quantitative estimate of drug-likeness (QED) is 0.662. The van der Waals surface area contributed by atoms with Gasteiger partial charge in [-0.25, -0.2) is 0 Å². The summed E-state index contributed by atoms with van der Waals surface area (Å²) in [5.41, 5.74) is 1.67. The summed E-state index contributed by atoms with van der Waals surface area (Å²) in [4.78, 5) is 25.6. The van der Waals surface area contributed by atoms with Gasteiger partial charge in [0.25, 0.3) is 0 Å². The van der Waals surface area contributed by atoms with Gasteiger partial charge < -0.3 is 20.7 Å². The first-order valence-corrected chi connectivity index (χ1v) is 9.11. The number of amides is 2. The Kier molecular flexibility index (Phi) is 6.57. The van der Waals surface area contributed by atoms with Crippen LogP contribution in [0.2, 0.25) is 0 Å². The first kappa shape index (κ1) is 19.1. The average molecular weight is 367 g/mol. The van der Waals surface area contributed by atoms with Gasteiger partial charge in [0.1, 0.15) is 12.1 Å². The minimum Gasteiger partial charge on any atom is -0.371 e. The largest absolute Gasteiger partial charge is 0.371 e. The van der Waals surface area contributed by atoms with E-state index >= 15 is 0 Å². The van der Waals surface area contributed by atoms with Crippen molar-refractivity contribution in [2.45, 2.75) is 18.6 Å². The van der Waals surface area contributed by atoms with E-state index < -0.39 is 12.1 Å². The van der Waals surface area contributed by atoms with Crippen LogP contribution in [0.5, 0.6) is 0 Å². The minimum absolute atomic E-state index is 0.129. The highest BCUT2D eigenvalue weighted by Crippen LogP contribution is 2.14. The van der Waals surface area contributed by atoms with Crippen LogP contribution in [0.1, 0.15) is 5.56 Å². The van der Waals surface area contributed by atoms with Gasteiger partial charge in [0.2, 0.25) is 11.8 Å². The maximum atomic E-state index is 12.8. The molecule has 142 valence electrons. The zero-order valence-corrected chi connectivity index (χ0v) is 15.4. The number of hydrogen-bond donors (Lipinski definition) is 3. The molecule has 0 aromatic heterocycles. The van der Waals surface area contributed by atoms with Gasteiger partial charge in [-0.2, -0.15) is 0 Å². The van der Waals surface area contributed by atoms with Gasteiger partial charge >= 0.3 is 0 Å². The fourth-order valence-electron chi connectivity index (χ4n) is 3.10. The molecule has 1 aliphatic rings. The first-order valence-electron chi connectivity index (χ1n) is 9.11. The molecule has 3 N–H and O–H groups in total. The predicted molar refractivity (Wildman–Crippen MR) is 104 cm³/mol. The highest BCUT2D eigenvalue weighted by Gasteiger charge is 2.34. The number of anilines is 1. The second-order valence-electron chi connectivity index (χ2n) is 6.68. The van der Waals surface area contributed by atoms with Gasteiger partial charge in [0.15, 0.2) is 0 Å². The lowest BCUT2D eigenvalue weighted by molar-refractivity contribution is -0.138. The lowest BCUT2D eigenvalue weighted by atomic mass is 9.95. The number of benzene rings is 2. The van der Waals surface area contributed by atoms with Crippen LogP contribution < -0.4 is 16.0 Å². The fraction of sp³-hybridized carbons (Fsp3) is 0.333. The second kappa shape index (κ2) is 9.30. The van der Waals surface area contributed by atoms with Crippen molar-refractivity contribution in [3.05, 3.63) is 66.2 Å². The summed E-state index contributed by atoms with van der Waals surface area (Å²) >= 11 is 0. The molecule has 0 aliphatic carbocycles. The lowest BCUT2D eigenvalue weighted by Gasteiger charge is -2.33. The molecule has 27 heavy (non-hydrogen) atoms. The van der Waals surface area contributed by atoms with Crippen molar-refractivity contribution in [2.75, 3.05) is 25.5 Å². The Morgan fingerprint density at radius 2 is 1.67 bits per heavy atom. The summed E-state index contributed by atoms with van der Waals surface area (Å²) in [5.74, 6) is -0.377. The molecule has 6 nitrogen and oxygen atoms in total. The Morgan fingerprint density at radius 3 is 2.22 bits per heavy atom. The number of nitrogens with one attached hydrogen (secondary N) is 3. The normalized spacial score (nSPS) is 16.0. The SMILES string of the molecule is COC(C(=O)N[C@H](Cc1ccccc1)C(=O)Nc1ccccc1)C1CNC1. The first-order chi connectivity index (χ1) is 13.2. The highest BCUT2D eigenvalue weighted by atomic mass is 16.5. The van der Waals surface area contributed by atoms with E-state index in [0.29, 0.717) is 12.1 Å². The van der Waals surface area contributed by atoms with Crippen LogP contribution in [0, 0.1) is 5.92 Å². The molecule has 1 saturated heterocycles. The third-order valence-electron chi connectivity index (χ3n) is 4.71. The minimum atomic E-state index is -0.689. The molecule has 3 rings (SSSR count). The summed E-state index contributed by atoms with van der Waals surface area (Å²) in [6, 6.07) is 18.2. The van der Waals surface area contributed by atoms with E-state index in [1.54, 1.807) is 0 Å². The maximum absolute atomic E-state index is 12.8. The number of rotatable bonds is 8. The van der Waals surface area contributed by atoms with Gasteiger partial charge in [-0.05, 0) is 17.7 Å². The molecule has 2 aromatic rings. The molecule has 1 heterocycles. The van der Waals surface area contributed by atoms with Crippen molar-refractivity contribution < 1.29 is 14.3 Å². The molecule has 6 heteroatoms. The van der Waals surface area contributed by atoms with Crippen molar-refractivity contribution in [3.8, 4) is 0 Å². The Morgan fingerprint density at radius 1 is 1.04 bits per heavy atom. The van der Waals surface area contributed by atoms with Crippen LogP contribution in [0.25, 0.3) is 0 Å². The Bertz CT molecular complexity index is 748. The monoisotopic (exact) mass is 367 g/mol. The van der Waals surface area contributed by atoms with E-state index in [4.69, 9.17) is 4.74 Å². The van der Waals surface area contributed by atoms with Crippen molar-refractivity contribution in [3.63, 3.8) is 0 Å². The third kappa shape index (κ3) is 5.15. The molecule has 0 bridgehead atoms. The van der Waals surface area contributed by atoms with Gasteiger partial charge in [0, 0.05) is 38.2 Å². The Labute approximate surface area is 159 Å². The van der Waals surface area contributed by atoms with Gasteiger partial charge in [-0.3, -0.25) is 9.59 Å². The fourth-order valence-corrected chi connectivity index (χ4v) is 3.10. The van der Waals surface area contributed by atoms with Crippen molar-refractivity contribution >= 4 is 17.5 Å². The molecule has 0 saturated carbocycles. The van der Waals surface area contributed by atoms with E-state index in [2.05, 4.69) is 16.0 Å². The molecule has 0 spiro atoms. The molecule has 1 aliphatic heterocycles. The average Bonchev–Trinajstić information content (AvgIpc) is 2.65. The number of carbonyl (C=O) groups is 2. The summed E-state index contributed by atoms with van der Waals surface area (Å²) in [6.45, 7) is 1.48. The van der Waals surface area contributed by atoms with E-state index in [0.717, 1.165) is 18.7 Å². The van der Waals surface area contributed by atoms with Crippen molar-refractivity contribution in [1.82, 2.24) is 10.6 Å². The zero-order chi connectivity index (χ0) is 19.1. The molecule has 1 fully saturated rings. The van der Waals surface area contributed by atoms with Gasteiger partial charge in [-0.1, -0.05) is 48.5 Å². The van der Waals surface area contributed by atoms with E-state index in [1.165, 1.54) is 7.11 Å². The van der Waals surface area contributed by atoms with Crippen LogP contribution in [0.4, 0.5) is 5.69 Å². The topological polar surface area (TPSA) is 79.5 Å². The van der Waals surface area contributed by atoms with Crippen LogP contribution in [-0.2, 0) is 20.7 Å². The molecule has 2 atom stereocenters. The van der Waals surface area contributed by atoms with Crippen LogP contribution in [0.3, 0.4) is 0 Å². The number of para-hydroxylation sites is 1. The lowest BCUT2D eigenvalue weighted by Crippen LogP contribution is -2.57. The molecule has 2 amide bonds. The van der Waals surface area contributed by atoms with Gasteiger partial charge in [-0.15, -0.1) is 0 Å². The molecule has 0 radical (unpaired) electrons. The van der Waals surface area contributed by atoms with E-state index in [1.807, 2.05) is 60.7 Å². The predicted octanol–water partition coefficient (Wildman–Crippen LogP) is 1.59. The molecule has 2 aromatic carbocycles. The maximum Gasteiger partial charge on any atom is 0.250 e. The van der Waals surface area contributed by atoms with Crippen molar-refractivity contribution in [2.24, 2.45) is 5.92 Å². The standard InChI is InChI=1S/C21H25N3O3/c1-27-19(16-13-22-14-16)21(26)24-18(12-15-8-4-2-5-9-15)20(25)23-17-10-6-3-7-11-17/h2-11,16,18-19,22H,12-14H2,1H3,(H,23,25)(H,24,26)/t18-,19?/m1/s1. The van der Waals surface area contributed by atoms with Crippen LogP contribution in [0.15, 0.2) is 60.7 Å². The summed E-state index contributed by atoms with van der Waals surface area (Å²) in [5, 5.41) is 8.90. The van der Waals surface area contributed by atoms with E-state index in [9.17, 15) is 9.59 Å². The number of hydrogen-bond acceptors (Lipinski definition) is 4. The number of methoxy groups -OCH3 is 1.